The average molecular weight is 326 g/mol. The van der Waals surface area contributed by atoms with E-state index in [2.05, 4.69) is 5.32 Å². The maximum atomic E-state index is 12.3. The maximum absolute atomic E-state index is 12.3. The highest BCUT2D eigenvalue weighted by atomic mass is 35.5. The van der Waals surface area contributed by atoms with Gasteiger partial charge < -0.3 is 11.1 Å². The number of nitrogen functional groups attached to an aromatic ring is 1. The summed E-state index contributed by atoms with van der Waals surface area (Å²) in [5.74, 6) is -1.01. The van der Waals surface area contributed by atoms with Gasteiger partial charge >= 0.3 is 0 Å². The topological polar surface area (TPSA) is 92.5 Å². The van der Waals surface area contributed by atoms with Gasteiger partial charge in [-0.3, -0.25) is 19.3 Å². The Balaban J connectivity index is 0.00000242. The van der Waals surface area contributed by atoms with Crippen molar-refractivity contribution in [1.29, 1.82) is 0 Å². The van der Waals surface area contributed by atoms with E-state index in [-0.39, 0.29) is 36.7 Å². The van der Waals surface area contributed by atoms with Gasteiger partial charge in [0.05, 0.1) is 6.42 Å². The zero-order chi connectivity index (χ0) is 15.7. The predicted molar refractivity (Wildman–Crippen MR) is 85.7 cm³/mol. The van der Waals surface area contributed by atoms with E-state index in [1.807, 2.05) is 0 Å². The molecule has 120 valence electrons. The normalized spacial score (nSPS) is 17.6. The fourth-order valence-corrected chi connectivity index (χ4v) is 2.43. The zero-order valence-corrected chi connectivity index (χ0v) is 13.6. The number of nitrogens with one attached hydrogen (secondary N) is 1. The molecule has 2 rings (SSSR count). The first-order chi connectivity index (χ1) is 9.81. The van der Waals surface area contributed by atoms with E-state index in [9.17, 15) is 14.4 Å². The number of anilines is 1. The van der Waals surface area contributed by atoms with Gasteiger partial charge in [0, 0.05) is 17.3 Å². The highest BCUT2D eigenvalue weighted by Crippen LogP contribution is 2.18. The first-order valence-electron chi connectivity index (χ1n) is 6.84. The molecule has 1 aliphatic heterocycles. The number of halogens is 1. The molecular formula is C15H20ClN3O3. The molecule has 0 aromatic heterocycles. The van der Waals surface area contributed by atoms with Gasteiger partial charge in [-0.25, -0.2) is 0 Å². The molecule has 0 radical (unpaired) electrons. The van der Waals surface area contributed by atoms with Crippen molar-refractivity contribution in [2.75, 3.05) is 5.73 Å². The lowest BCUT2D eigenvalue weighted by Crippen LogP contribution is -2.44. The van der Waals surface area contributed by atoms with Gasteiger partial charge in [0.1, 0.15) is 6.04 Å². The van der Waals surface area contributed by atoms with E-state index >= 15 is 0 Å². The average Bonchev–Trinajstić information content (AvgIpc) is 2.67. The quantitative estimate of drug-likeness (QED) is 0.646. The largest absolute Gasteiger partial charge is 0.399 e. The molecule has 1 aromatic rings. The van der Waals surface area contributed by atoms with Gasteiger partial charge in [-0.15, -0.1) is 12.4 Å². The van der Waals surface area contributed by atoms with Crippen LogP contribution in [-0.4, -0.2) is 34.7 Å². The van der Waals surface area contributed by atoms with Crippen molar-refractivity contribution in [3.63, 3.8) is 0 Å². The molecule has 0 bridgehead atoms. The van der Waals surface area contributed by atoms with Crippen molar-refractivity contribution in [3.05, 3.63) is 29.3 Å². The third kappa shape index (κ3) is 3.39. The molecule has 1 aliphatic rings. The molecule has 1 fully saturated rings. The third-order valence-corrected chi connectivity index (χ3v) is 3.51. The number of hydrogen-bond donors (Lipinski definition) is 2. The van der Waals surface area contributed by atoms with Gasteiger partial charge in [0.15, 0.2) is 0 Å². The summed E-state index contributed by atoms with van der Waals surface area (Å²) in [4.78, 5) is 37.4. The summed E-state index contributed by atoms with van der Waals surface area (Å²) in [6.45, 7) is 5.32. The van der Waals surface area contributed by atoms with Gasteiger partial charge in [-0.1, -0.05) is 6.07 Å². The monoisotopic (exact) mass is 325 g/mol. The summed E-state index contributed by atoms with van der Waals surface area (Å²) in [5, 5.41) is 2.62. The minimum absolute atomic E-state index is 0. The van der Waals surface area contributed by atoms with Crippen molar-refractivity contribution >= 4 is 35.8 Å². The number of imide groups is 1. The number of carbonyl (C=O) groups excluding carboxylic acids is 3. The van der Waals surface area contributed by atoms with E-state index in [4.69, 9.17) is 5.73 Å². The Kier molecular flexibility index (Phi) is 5.54. The van der Waals surface area contributed by atoms with Crippen molar-refractivity contribution in [2.45, 2.75) is 39.3 Å². The van der Waals surface area contributed by atoms with Gasteiger partial charge in [0.25, 0.3) is 11.8 Å². The number of carbonyl (C=O) groups is 3. The van der Waals surface area contributed by atoms with Crippen LogP contribution in [0.4, 0.5) is 5.69 Å². The number of nitrogens with zero attached hydrogens (tertiary/aromatic N) is 1. The third-order valence-electron chi connectivity index (χ3n) is 3.51. The lowest BCUT2D eigenvalue weighted by atomic mass is 10.1. The second-order valence-electron chi connectivity index (χ2n) is 5.50. The van der Waals surface area contributed by atoms with Crippen LogP contribution < -0.4 is 11.1 Å². The summed E-state index contributed by atoms with van der Waals surface area (Å²) in [6.07, 6.45) is 0.00408. The molecule has 22 heavy (non-hydrogen) atoms. The Morgan fingerprint density at radius 2 is 2.00 bits per heavy atom. The van der Waals surface area contributed by atoms with Crippen LogP contribution in [-0.2, 0) is 9.59 Å². The molecule has 6 nitrogen and oxygen atoms in total. The van der Waals surface area contributed by atoms with Crippen LogP contribution in [0.5, 0.6) is 0 Å². The van der Waals surface area contributed by atoms with Crippen molar-refractivity contribution in [2.24, 2.45) is 0 Å². The number of rotatable bonds is 3. The van der Waals surface area contributed by atoms with Crippen LogP contribution >= 0.6 is 12.4 Å². The van der Waals surface area contributed by atoms with E-state index in [1.165, 1.54) is 4.90 Å². The number of likely N-dealkylation sites (tertiary alicyclic amines) is 1. The summed E-state index contributed by atoms with van der Waals surface area (Å²) in [7, 11) is 0. The lowest BCUT2D eigenvalue weighted by molar-refractivity contribution is -0.140. The zero-order valence-electron chi connectivity index (χ0n) is 12.8. The lowest BCUT2D eigenvalue weighted by Gasteiger charge is -2.19. The Labute approximate surface area is 135 Å². The number of hydrogen-bond acceptors (Lipinski definition) is 4. The van der Waals surface area contributed by atoms with Gasteiger partial charge in [-0.2, -0.15) is 0 Å². The van der Waals surface area contributed by atoms with Crippen LogP contribution in [0.25, 0.3) is 0 Å². The molecule has 1 unspecified atom stereocenters. The Morgan fingerprint density at radius 3 is 2.55 bits per heavy atom. The summed E-state index contributed by atoms with van der Waals surface area (Å²) >= 11 is 0. The van der Waals surface area contributed by atoms with Crippen LogP contribution in [0.15, 0.2) is 18.2 Å². The van der Waals surface area contributed by atoms with Gasteiger partial charge in [-0.05, 0) is 38.5 Å². The van der Waals surface area contributed by atoms with Crippen LogP contribution in [0.1, 0.15) is 36.2 Å². The standard InChI is InChI=1S/C15H19N3O3.ClH/c1-8(2)18-13(19)7-12(15(18)21)17-14(20)11-6-10(16)5-4-9(11)3;/h4-6,8,12H,7,16H2,1-3H3,(H,17,20);1H. The highest BCUT2D eigenvalue weighted by Gasteiger charge is 2.40. The maximum Gasteiger partial charge on any atom is 0.252 e. The first-order valence-corrected chi connectivity index (χ1v) is 6.84. The van der Waals surface area contributed by atoms with Crippen molar-refractivity contribution < 1.29 is 14.4 Å². The molecule has 1 heterocycles. The summed E-state index contributed by atoms with van der Waals surface area (Å²) in [5.41, 5.74) is 7.33. The van der Waals surface area contributed by atoms with E-state index in [0.29, 0.717) is 11.3 Å². The van der Waals surface area contributed by atoms with E-state index in [1.54, 1.807) is 39.0 Å². The summed E-state index contributed by atoms with van der Waals surface area (Å²) < 4.78 is 0. The Morgan fingerprint density at radius 1 is 1.36 bits per heavy atom. The molecule has 3 N–H and O–H groups in total. The number of amides is 3. The second kappa shape index (κ2) is 6.79. The molecular weight excluding hydrogens is 306 g/mol. The van der Waals surface area contributed by atoms with Gasteiger partial charge in [0.2, 0.25) is 5.91 Å². The molecule has 1 saturated heterocycles. The minimum atomic E-state index is -0.798. The molecule has 1 atom stereocenters. The Bertz CT molecular complexity index is 616. The van der Waals surface area contributed by atoms with Crippen LogP contribution in [0, 0.1) is 6.92 Å². The predicted octanol–water partition coefficient (Wildman–Crippen LogP) is 1.26. The highest BCUT2D eigenvalue weighted by molar-refractivity contribution is 6.08. The molecule has 3 amide bonds. The number of aryl methyl sites for hydroxylation is 1. The minimum Gasteiger partial charge on any atom is -0.399 e. The van der Waals surface area contributed by atoms with Crippen molar-refractivity contribution in [3.8, 4) is 0 Å². The second-order valence-corrected chi connectivity index (χ2v) is 5.50. The van der Waals surface area contributed by atoms with Crippen LogP contribution in [0.2, 0.25) is 0 Å². The van der Waals surface area contributed by atoms with E-state index in [0.717, 1.165) is 5.56 Å². The molecule has 0 spiro atoms. The molecule has 0 saturated carbocycles. The molecule has 7 heteroatoms. The molecule has 1 aromatic carbocycles. The Hall–Kier alpha value is -2.08. The first kappa shape index (κ1) is 18.0. The smallest absolute Gasteiger partial charge is 0.252 e. The molecule has 0 aliphatic carbocycles. The number of benzene rings is 1. The summed E-state index contributed by atoms with van der Waals surface area (Å²) in [6, 6.07) is 4.00. The number of nitrogens with two attached hydrogens (primary N) is 1. The van der Waals surface area contributed by atoms with Crippen LogP contribution in [0.3, 0.4) is 0 Å². The van der Waals surface area contributed by atoms with Crippen molar-refractivity contribution in [1.82, 2.24) is 10.2 Å². The fourth-order valence-electron chi connectivity index (χ4n) is 2.43. The fraction of sp³-hybridized carbons (Fsp3) is 0.400. The SMILES string of the molecule is Cc1ccc(N)cc1C(=O)NC1CC(=O)N(C(C)C)C1=O.Cl. The van der Waals surface area contributed by atoms with E-state index < -0.39 is 11.9 Å².